The van der Waals surface area contributed by atoms with Gasteiger partial charge in [0.05, 0.1) is 12.1 Å². The van der Waals surface area contributed by atoms with Crippen LogP contribution in [0.5, 0.6) is 0 Å². The van der Waals surface area contributed by atoms with E-state index < -0.39 is 0 Å². The van der Waals surface area contributed by atoms with Crippen LogP contribution in [0.25, 0.3) is 11.0 Å². The third kappa shape index (κ3) is 4.47. The van der Waals surface area contributed by atoms with E-state index in [2.05, 4.69) is 15.5 Å². The highest BCUT2D eigenvalue weighted by atomic mass is 16.3. The lowest BCUT2D eigenvalue weighted by Gasteiger charge is -2.39. The second-order valence-corrected chi connectivity index (χ2v) is 9.55. The third-order valence-electron chi connectivity index (χ3n) is 6.10. The fraction of sp³-hybridized carbons (Fsp3) is 0.565. The lowest BCUT2D eigenvalue weighted by Crippen LogP contribution is -2.52. The highest BCUT2D eigenvalue weighted by molar-refractivity contribution is 6.05. The van der Waals surface area contributed by atoms with Gasteiger partial charge in [0.15, 0.2) is 0 Å². The molecule has 2 N–H and O–H groups in total. The Bertz CT molecular complexity index is 884. The van der Waals surface area contributed by atoms with E-state index in [9.17, 15) is 9.59 Å². The van der Waals surface area contributed by atoms with Crippen molar-refractivity contribution in [3.05, 3.63) is 36.1 Å². The van der Waals surface area contributed by atoms with Crippen molar-refractivity contribution in [2.75, 3.05) is 13.1 Å². The Morgan fingerprint density at radius 2 is 1.83 bits per heavy atom. The molecule has 3 heterocycles. The van der Waals surface area contributed by atoms with Crippen LogP contribution in [-0.2, 0) is 4.79 Å². The topological polar surface area (TPSA) is 74.6 Å². The Morgan fingerprint density at radius 1 is 1.14 bits per heavy atom. The predicted octanol–water partition coefficient (Wildman–Crippen LogP) is 3.32. The van der Waals surface area contributed by atoms with Gasteiger partial charge in [-0.1, -0.05) is 18.2 Å². The molecule has 2 aromatic rings. The summed E-state index contributed by atoms with van der Waals surface area (Å²) in [6.45, 7) is 7.19. The minimum Gasteiger partial charge on any atom is -0.463 e. The van der Waals surface area contributed by atoms with Crippen molar-refractivity contribution in [2.45, 2.75) is 64.1 Å². The number of hydrogen-bond donors (Lipinski definition) is 2. The number of hydrogen-bond acceptors (Lipinski definition) is 4. The molecule has 29 heavy (non-hydrogen) atoms. The van der Waals surface area contributed by atoms with Gasteiger partial charge in [0.25, 0.3) is 5.91 Å². The Morgan fingerprint density at radius 3 is 2.52 bits per heavy atom. The maximum Gasteiger partial charge on any atom is 0.255 e. The van der Waals surface area contributed by atoms with Crippen LogP contribution in [0, 0.1) is 5.92 Å². The number of para-hydroxylation sites is 1. The van der Waals surface area contributed by atoms with Crippen LogP contribution in [0.2, 0.25) is 0 Å². The van der Waals surface area contributed by atoms with Crippen molar-refractivity contribution >= 4 is 22.8 Å². The number of amides is 2. The molecule has 2 bridgehead atoms. The second kappa shape index (κ2) is 7.82. The summed E-state index contributed by atoms with van der Waals surface area (Å²) in [5.74, 6) is 0.485. The van der Waals surface area contributed by atoms with Crippen LogP contribution in [-0.4, -0.2) is 47.4 Å². The lowest BCUT2D eigenvalue weighted by atomic mass is 9.90. The van der Waals surface area contributed by atoms with Gasteiger partial charge in [-0.05, 0) is 58.4 Å². The van der Waals surface area contributed by atoms with E-state index in [-0.39, 0.29) is 17.4 Å². The molecule has 6 nitrogen and oxygen atoms in total. The average molecular weight is 398 g/mol. The van der Waals surface area contributed by atoms with Crippen molar-refractivity contribution in [3.63, 3.8) is 0 Å². The first-order chi connectivity index (χ1) is 13.8. The van der Waals surface area contributed by atoms with Gasteiger partial charge in [-0.15, -0.1) is 0 Å². The summed E-state index contributed by atoms with van der Waals surface area (Å²) in [4.78, 5) is 27.4. The zero-order valence-corrected chi connectivity index (χ0v) is 17.5. The second-order valence-electron chi connectivity index (χ2n) is 9.55. The van der Waals surface area contributed by atoms with E-state index in [1.165, 1.54) is 0 Å². The van der Waals surface area contributed by atoms with Gasteiger partial charge >= 0.3 is 0 Å². The summed E-state index contributed by atoms with van der Waals surface area (Å²) in [7, 11) is 0. The molecule has 1 aromatic carbocycles. The number of carbonyl (C=O) groups is 2. The van der Waals surface area contributed by atoms with E-state index in [0.717, 1.165) is 36.7 Å². The summed E-state index contributed by atoms with van der Waals surface area (Å²) in [5, 5.41) is 7.03. The molecule has 0 saturated carbocycles. The molecule has 3 atom stereocenters. The number of rotatable bonds is 5. The van der Waals surface area contributed by atoms with Gasteiger partial charge in [-0.3, -0.25) is 14.5 Å². The third-order valence-corrected chi connectivity index (χ3v) is 6.10. The van der Waals surface area contributed by atoms with Crippen molar-refractivity contribution < 1.29 is 14.0 Å². The van der Waals surface area contributed by atoms with Crippen LogP contribution >= 0.6 is 0 Å². The van der Waals surface area contributed by atoms with E-state index in [1.54, 1.807) is 6.26 Å². The van der Waals surface area contributed by atoms with Gasteiger partial charge in [-0.2, -0.15) is 0 Å². The average Bonchev–Trinajstić information content (AvgIpc) is 3.16. The molecule has 0 radical (unpaired) electrons. The molecule has 4 rings (SSSR count). The van der Waals surface area contributed by atoms with Crippen LogP contribution in [0.3, 0.4) is 0 Å². The van der Waals surface area contributed by atoms with Crippen LogP contribution in [0.15, 0.2) is 34.9 Å². The zero-order chi connectivity index (χ0) is 20.6. The Hall–Kier alpha value is -2.34. The number of nitrogens with zero attached hydrogens (tertiary/aromatic N) is 1. The summed E-state index contributed by atoms with van der Waals surface area (Å²) < 4.78 is 5.49. The molecule has 2 saturated heterocycles. The molecule has 2 aliphatic heterocycles. The minimum absolute atomic E-state index is 0.0747. The quantitative estimate of drug-likeness (QED) is 0.812. The molecule has 2 fully saturated rings. The van der Waals surface area contributed by atoms with E-state index in [1.807, 2.05) is 45.0 Å². The number of benzene rings is 1. The molecule has 0 unspecified atom stereocenters. The van der Waals surface area contributed by atoms with E-state index in [4.69, 9.17) is 4.42 Å². The molecule has 0 aliphatic carbocycles. The number of carbonyl (C=O) groups excluding carboxylic acids is 2. The standard InChI is InChI=1S/C23H31N3O3/c1-23(2,3)25-21(27)13-26-16-8-9-17(26)11-15(10-16)12-24-22(28)19-14-29-20-7-5-4-6-18(19)20/h4-7,14-17H,8-13H2,1-3H3,(H,24,28)(H,25,27)/t15-,16+,17-. The first kappa shape index (κ1) is 20.0. The SMILES string of the molecule is CC(C)(C)NC(=O)CN1[C@@H]2CC[C@H]1C[C@@H](CNC(=O)c1coc3ccccc13)C2. The number of furan rings is 1. The summed E-state index contributed by atoms with van der Waals surface area (Å²) in [5.41, 5.74) is 1.13. The summed E-state index contributed by atoms with van der Waals surface area (Å²) in [6.07, 6.45) is 5.89. The van der Waals surface area contributed by atoms with Crippen LogP contribution < -0.4 is 10.6 Å². The Balaban J connectivity index is 1.31. The molecule has 6 heteroatoms. The smallest absolute Gasteiger partial charge is 0.255 e. The number of nitrogens with one attached hydrogen (secondary N) is 2. The monoisotopic (exact) mass is 397 g/mol. The summed E-state index contributed by atoms with van der Waals surface area (Å²) >= 11 is 0. The molecule has 1 aromatic heterocycles. The van der Waals surface area contributed by atoms with Crippen LogP contribution in [0.1, 0.15) is 56.8 Å². The lowest BCUT2D eigenvalue weighted by molar-refractivity contribution is -0.125. The Kier molecular flexibility index (Phi) is 5.38. The molecule has 156 valence electrons. The van der Waals surface area contributed by atoms with Gasteiger partial charge in [0.1, 0.15) is 11.8 Å². The van der Waals surface area contributed by atoms with Crippen LogP contribution in [0.4, 0.5) is 0 Å². The van der Waals surface area contributed by atoms with Gasteiger partial charge in [0.2, 0.25) is 5.91 Å². The van der Waals surface area contributed by atoms with Gasteiger partial charge in [0, 0.05) is 29.6 Å². The highest BCUT2D eigenvalue weighted by Gasteiger charge is 2.41. The van der Waals surface area contributed by atoms with Crippen molar-refractivity contribution in [3.8, 4) is 0 Å². The predicted molar refractivity (Wildman–Crippen MR) is 113 cm³/mol. The largest absolute Gasteiger partial charge is 0.463 e. The number of piperidine rings is 1. The first-order valence-corrected chi connectivity index (χ1v) is 10.6. The molecule has 2 aliphatic rings. The van der Waals surface area contributed by atoms with E-state index >= 15 is 0 Å². The normalized spacial score (nSPS) is 24.6. The maximum absolute atomic E-state index is 12.6. The minimum atomic E-state index is -0.198. The first-order valence-electron chi connectivity index (χ1n) is 10.6. The molecular weight excluding hydrogens is 366 g/mol. The highest BCUT2D eigenvalue weighted by Crippen LogP contribution is 2.38. The fourth-order valence-corrected chi connectivity index (χ4v) is 4.92. The van der Waals surface area contributed by atoms with Crippen molar-refractivity contribution in [1.82, 2.24) is 15.5 Å². The summed E-state index contributed by atoms with van der Waals surface area (Å²) in [6, 6.07) is 8.48. The zero-order valence-electron chi connectivity index (χ0n) is 17.5. The number of fused-ring (bicyclic) bond motifs is 3. The maximum atomic E-state index is 12.6. The Labute approximate surface area is 172 Å². The molecular formula is C23H31N3O3. The van der Waals surface area contributed by atoms with Crippen molar-refractivity contribution in [1.29, 1.82) is 0 Å². The van der Waals surface area contributed by atoms with Gasteiger partial charge in [-0.25, -0.2) is 0 Å². The molecule has 0 spiro atoms. The fourth-order valence-electron chi connectivity index (χ4n) is 4.92. The van der Waals surface area contributed by atoms with E-state index in [0.29, 0.717) is 36.7 Å². The molecule has 2 amide bonds. The van der Waals surface area contributed by atoms with Crippen molar-refractivity contribution in [2.24, 2.45) is 5.92 Å². The van der Waals surface area contributed by atoms with Gasteiger partial charge < -0.3 is 15.1 Å².